The van der Waals surface area contributed by atoms with Crippen molar-refractivity contribution in [3.63, 3.8) is 0 Å². The van der Waals surface area contributed by atoms with Gasteiger partial charge in [-0.25, -0.2) is 0 Å². The van der Waals surface area contributed by atoms with E-state index in [-0.39, 0.29) is 12.0 Å². The van der Waals surface area contributed by atoms with Gasteiger partial charge in [-0.2, -0.15) is 11.8 Å². The van der Waals surface area contributed by atoms with E-state index in [4.69, 9.17) is 5.11 Å². The number of hydrogen-bond donors (Lipinski definition) is 1. The molecule has 1 atom stereocenters. The van der Waals surface area contributed by atoms with E-state index in [1.807, 2.05) is 6.26 Å². The van der Waals surface area contributed by atoms with Gasteiger partial charge in [0.15, 0.2) is 0 Å². The second-order valence-electron chi connectivity index (χ2n) is 3.20. The standard InChI is InChI=1S/C9H19NO2S/c1-8(11)4-5-9(12)10(2)6-7-13-3/h8,11H,4-7H2,1-3H3. The molecule has 0 aliphatic rings. The third-order valence-corrected chi connectivity index (χ3v) is 2.42. The molecule has 13 heavy (non-hydrogen) atoms. The fourth-order valence-electron chi connectivity index (χ4n) is 0.876. The number of nitrogens with zero attached hydrogens (tertiary/aromatic N) is 1. The van der Waals surface area contributed by atoms with Crippen LogP contribution >= 0.6 is 11.8 Å². The molecule has 0 rings (SSSR count). The van der Waals surface area contributed by atoms with Crippen LogP contribution in [-0.2, 0) is 4.79 Å². The highest BCUT2D eigenvalue weighted by Crippen LogP contribution is 2.01. The normalized spacial score (nSPS) is 12.6. The Kier molecular flexibility index (Phi) is 7.09. The Morgan fingerprint density at radius 3 is 2.69 bits per heavy atom. The van der Waals surface area contributed by atoms with E-state index >= 15 is 0 Å². The van der Waals surface area contributed by atoms with Crippen molar-refractivity contribution in [1.29, 1.82) is 0 Å². The summed E-state index contributed by atoms with van der Waals surface area (Å²) >= 11 is 1.73. The van der Waals surface area contributed by atoms with E-state index in [2.05, 4.69) is 0 Å². The fourth-order valence-corrected chi connectivity index (χ4v) is 1.33. The SMILES string of the molecule is CSCCN(C)C(=O)CCC(C)O. The minimum Gasteiger partial charge on any atom is -0.393 e. The maximum absolute atomic E-state index is 11.4. The van der Waals surface area contributed by atoms with E-state index < -0.39 is 0 Å². The summed E-state index contributed by atoms with van der Waals surface area (Å²) in [7, 11) is 1.81. The number of thioether (sulfide) groups is 1. The molecule has 3 nitrogen and oxygen atoms in total. The van der Waals surface area contributed by atoms with Crippen LogP contribution in [-0.4, -0.2) is 47.6 Å². The van der Waals surface area contributed by atoms with Crippen LogP contribution < -0.4 is 0 Å². The molecule has 0 spiro atoms. The predicted molar refractivity (Wildman–Crippen MR) is 56.9 cm³/mol. The first-order valence-corrected chi connectivity index (χ1v) is 5.88. The lowest BCUT2D eigenvalue weighted by Gasteiger charge is -2.16. The lowest BCUT2D eigenvalue weighted by Crippen LogP contribution is -2.29. The van der Waals surface area contributed by atoms with Crippen molar-refractivity contribution in [3.05, 3.63) is 0 Å². The Balaban J connectivity index is 3.57. The summed E-state index contributed by atoms with van der Waals surface area (Å²) in [5.41, 5.74) is 0. The number of aliphatic hydroxyl groups is 1. The zero-order valence-corrected chi connectivity index (χ0v) is 9.43. The van der Waals surface area contributed by atoms with Crippen LogP contribution in [0.4, 0.5) is 0 Å². The number of amides is 1. The maximum Gasteiger partial charge on any atom is 0.222 e. The Labute approximate surface area is 84.5 Å². The van der Waals surface area contributed by atoms with Crippen LogP contribution in [0, 0.1) is 0 Å². The average Bonchev–Trinajstić information content (AvgIpc) is 2.10. The van der Waals surface area contributed by atoms with Crippen molar-refractivity contribution < 1.29 is 9.90 Å². The average molecular weight is 205 g/mol. The molecule has 0 heterocycles. The molecule has 0 radical (unpaired) electrons. The summed E-state index contributed by atoms with van der Waals surface area (Å²) < 4.78 is 0. The number of rotatable bonds is 6. The van der Waals surface area contributed by atoms with Crippen molar-refractivity contribution in [2.24, 2.45) is 0 Å². The first-order chi connectivity index (χ1) is 6.07. The summed E-state index contributed by atoms with van der Waals surface area (Å²) in [6.07, 6.45) is 2.65. The van der Waals surface area contributed by atoms with E-state index in [0.29, 0.717) is 12.8 Å². The lowest BCUT2D eigenvalue weighted by molar-refractivity contribution is -0.130. The summed E-state index contributed by atoms with van der Waals surface area (Å²) in [4.78, 5) is 13.1. The van der Waals surface area contributed by atoms with Crippen LogP contribution in [0.15, 0.2) is 0 Å². The van der Waals surface area contributed by atoms with Gasteiger partial charge in [-0.15, -0.1) is 0 Å². The zero-order valence-electron chi connectivity index (χ0n) is 8.62. The predicted octanol–water partition coefficient (Wildman–Crippen LogP) is 0.969. The molecule has 0 saturated carbocycles. The van der Waals surface area contributed by atoms with Gasteiger partial charge < -0.3 is 10.0 Å². The molecule has 0 aliphatic heterocycles. The van der Waals surface area contributed by atoms with E-state index in [1.165, 1.54) is 0 Å². The van der Waals surface area contributed by atoms with Crippen LogP contribution in [0.3, 0.4) is 0 Å². The van der Waals surface area contributed by atoms with Crippen molar-refractivity contribution >= 4 is 17.7 Å². The minimum absolute atomic E-state index is 0.120. The number of carbonyl (C=O) groups excluding carboxylic acids is 1. The molecule has 1 amide bonds. The molecule has 1 N–H and O–H groups in total. The van der Waals surface area contributed by atoms with Gasteiger partial charge in [0.1, 0.15) is 0 Å². The Hall–Kier alpha value is -0.220. The molecular weight excluding hydrogens is 186 g/mol. The van der Waals surface area contributed by atoms with Crippen molar-refractivity contribution in [1.82, 2.24) is 4.90 Å². The van der Waals surface area contributed by atoms with E-state index in [1.54, 1.807) is 30.6 Å². The summed E-state index contributed by atoms with van der Waals surface area (Å²) in [6.45, 7) is 2.50. The van der Waals surface area contributed by atoms with Gasteiger partial charge in [0.05, 0.1) is 6.10 Å². The minimum atomic E-state index is -0.377. The first-order valence-electron chi connectivity index (χ1n) is 4.49. The van der Waals surface area contributed by atoms with Crippen LogP contribution in [0.5, 0.6) is 0 Å². The number of aliphatic hydroxyl groups excluding tert-OH is 1. The van der Waals surface area contributed by atoms with Gasteiger partial charge in [-0.1, -0.05) is 0 Å². The zero-order chi connectivity index (χ0) is 10.3. The molecule has 0 bridgehead atoms. The van der Waals surface area contributed by atoms with Crippen LogP contribution in [0.2, 0.25) is 0 Å². The van der Waals surface area contributed by atoms with Gasteiger partial charge in [0.2, 0.25) is 5.91 Å². The van der Waals surface area contributed by atoms with Crippen molar-refractivity contribution in [2.45, 2.75) is 25.9 Å². The molecular formula is C9H19NO2S. The molecule has 4 heteroatoms. The maximum atomic E-state index is 11.4. The smallest absolute Gasteiger partial charge is 0.222 e. The second kappa shape index (κ2) is 7.21. The molecule has 0 fully saturated rings. The van der Waals surface area contributed by atoms with Gasteiger partial charge in [-0.3, -0.25) is 4.79 Å². The molecule has 0 aromatic heterocycles. The lowest BCUT2D eigenvalue weighted by atomic mass is 10.2. The second-order valence-corrected chi connectivity index (χ2v) is 4.18. The molecule has 78 valence electrons. The molecule has 1 unspecified atom stereocenters. The molecule has 0 aliphatic carbocycles. The van der Waals surface area contributed by atoms with Crippen LogP contribution in [0.1, 0.15) is 19.8 Å². The quantitative estimate of drug-likeness (QED) is 0.702. The third-order valence-electron chi connectivity index (χ3n) is 1.83. The van der Waals surface area contributed by atoms with Gasteiger partial charge in [0, 0.05) is 25.8 Å². The molecule has 0 saturated heterocycles. The van der Waals surface area contributed by atoms with Gasteiger partial charge >= 0.3 is 0 Å². The topological polar surface area (TPSA) is 40.5 Å². The fraction of sp³-hybridized carbons (Fsp3) is 0.889. The molecule has 0 aromatic carbocycles. The Morgan fingerprint density at radius 1 is 1.62 bits per heavy atom. The largest absolute Gasteiger partial charge is 0.393 e. The highest BCUT2D eigenvalue weighted by Gasteiger charge is 2.08. The van der Waals surface area contributed by atoms with E-state index in [0.717, 1.165) is 12.3 Å². The van der Waals surface area contributed by atoms with Crippen molar-refractivity contribution in [3.8, 4) is 0 Å². The summed E-state index contributed by atoms with van der Waals surface area (Å²) in [5, 5.41) is 8.98. The highest BCUT2D eigenvalue weighted by atomic mass is 32.2. The Bertz CT molecular complexity index is 151. The highest BCUT2D eigenvalue weighted by molar-refractivity contribution is 7.98. The first kappa shape index (κ1) is 12.8. The van der Waals surface area contributed by atoms with Crippen molar-refractivity contribution in [2.75, 3.05) is 25.6 Å². The Morgan fingerprint density at radius 2 is 2.23 bits per heavy atom. The summed E-state index contributed by atoms with van der Waals surface area (Å²) in [5.74, 6) is 1.09. The van der Waals surface area contributed by atoms with Gasteiger partial charge in [-0.05, 0) is 19.6 Å². The number of carbonyl (C=O) groups is 1. The third kappa shape index (κ3) is 6.90. The van der Waals surface area contributed by atoms with E-state index in [9.17, 15) is 4.79 Å². The molecule has 0 aromatic rings. The van der Waals surface area contributed by atoms with Gasteiger partial charge in [0.25, 0.3) is 0 Å². The summed E-state index contributed by atoms with van der Waals surface area (Å²) in [6, 6.07) is 0. The monoisotopic (exact) mass is 205 g/mol. The van der Waals surface area contributed by atoms with Crippen LogP contribution in [0.25, 0.3) is 0 Å². The number of hydrogen-bond acceptors (Lipinski definition) is 3.